The number of nitrogens with zero attached hydrogens (tertiary/aromatic N) is 2. The van der Waals surface area contributed by atoms with Crippen LogP contribution in [-0.2, 0) is 12.7 Å². The Kier molecular flexibility index (Phi) is 3.17. The van der Waals surface area contributed by atoms with Crippen molar-refractivity contribution in [2.24, 2.45) is 5.73 Å². The van der Waals surface area contributed by atoms with Crippen LogP contribution in [0.3, 0.4) is 0 Å². The molecule has 0 spiro atoms. The first-order valence-electron chi connectivity index (χ1n) is 6.33. The Morgan fingerprint density at radius 1 is 1.10 bits per heavy atom. The summed E-state index contributed by atoms with van der Waals surface area (Å²) in [5, 5.41) is 0. The van der Waals surface area contributed by atoms with Crippen molar-refractivity contribution >= 4 is 5.65 Å². The van der Waals surface area contributed by atoms with Gasteiger partial charge >= 0.3 is 6.18 Å². The highest BCUT2D eigenvalue weighted by Gasteiger charge is 2.30. The fourth-order valence-electron chi connectivity index (χ4n) is 2.20. The Morgan fingerprint density at radius 2 is 1.81 bits per heavy atom. The zero-order valence-corrected chi connectivity index (χ0v) is 10.9. The minimum Gasteiger partial charge on any atom is -0.326 e. The number of pyridine rings is 1. The molecule has 0 saturated carbocycles. The van der Waals surface area contributed by atoms with Crippen LogP contribution in [0.2, 0.25) is 0 Å². The number of aromatic nitrogens is 2. The van der Waals surface area contributed by atoms with E-state index in [0.29, 0.717) is 17.8 Å². The molecule has 0 aliphatic heterocycles. The van der Waals surface area contributed by atoms with Crippen molar-refractivity contribution in [2.45, 2.75) is 12.7 Å². The Morgan fingerprint density at radius 3 is 2.43 bits per heavy atom. The number of hydrogen-bond acceptors (Lipinski definition) is 2. The molecule has 0 fully saturated rings. The largest absolute Gasteiger partial charge is 0.416 e. The highest BCUT2D eigenvalue weighted by Crippen LogP contribution is 2.30. The summed E-state index contributed by atoms with van der Waals surface area (Å²) in [4.78, 5) is 4.45. The number of halogens is 3. The molecule has 0 unspecified atom stereocenters. The van der Waals surface area contributed by atoms with Gasteiger partial charge in [-0.15, -0.1) is 0 Å². The molecule has 0 bridgehead atoms. The zero-order chi connectivity index (χ0) is 15.0. The first-order valence-corrected chi connectivity index (χ1v) is 6.33. The van der Waals surface area contributed by atoms with Crippen molar-refractivity contribution in [3.8, 4) is 11.3 Å². The summed E-state index contributed by atoms with van der Waals surface area (Å²) in [5.41, 5.74) is 7.84. The normalized spacial score (nSPS) is 12.0. The molecule has 3 aromatic rings. The maximum Gasteiger partial charge on any atom is 0.416 e. The van der Waals surface area contributed by atoms with Crippen LogP contribution in [0.4, 0.5) is 13.2 Å². The van der Waals surface area contributed by atoms with E-state index in [9.17, 15) is 13.2 Å². The molecule has 1 aromatic carbocycles. The third kappa shape index (κ3) is 2.50. The molecule has 2 heterocycles. The van der Waals surface area contributed by atoms with Crippen LogP contribution in [0.1, 0.15) is 11.1 Å². The average molecular weight is 291 g/mol. The van der Waals surface area contributed by atoms with Crippen molar-refractivity contribution in [3.05, 3.63) is 59.9 Å². The van der Waals surface area contributed by atoms with Crippen molar-refractivity contribution in [3.63, 3.8) is 0 Å². The van der Waals surface area contributed by atoms with Gasteiger partial charge in [-0.05, 0) is 18.2 Å². The van der Waals surface area contributed by atoms with E-state index in [-0.39, 0.29) is 0 Å². The van der Waals surface area contributed by atoms with Crippen LogP contribution in [0.15, 0.2) is 48.8 Å². The number of rotatable bonds is 2. The maximum atomic E-state index is 12.6. The summed E-state index contributed by atoms with van der Waals surface area (Å²) in [7, 11) is 0. The standard InChI is InChI=1S/C15H12F3N3/c16-15(17,18)12-5-3-10(4-6-12)13-9-21-7-1-2-11(8-19)14(21)20-13/h1-7,9H,8,19H2. The van der Waals surface area contributed by atoms with Gasteiger partial charge in [0.15, 0.2) is 0 Å². The zero-order valence-electron chi connectivity index (χ0n) is 10.9. The highest BCUT2D eigenvalue weighted by atomic mass is 19.4. The van der Waals surface area contributed by atoms with Gasteiger partial charge in [-0.1, -0.05) is 18.2 Å². The van der Waals surface area contributed by atoms with Gasteiger partial charge in [-0.25, -0.2) is 4.98 Å². The second-order valence-electron chi connectivity index (χ2n) is 4.67. The molecule has 6 heteroatoms. The van der Waals surface area contributed by atoms with Crippen molar-refractivity contribution in [2.75, 3.05) is 0 Å². The second-order valence-corrected chi connectivity index (χ2v) is 4.67. The van der Waals surface area contributed by atoms with Crippen LogP contribution in [0.5, 0.6) is 0 Å². The Hall–Kier alpha value is -2.34. The van der Waals surface area contributed by atoms with E-state index in [0.717, 1.165) is 23.3 Å². The monoisotopic (exact) mass is 291 g/mol. The molecule has 2 aromatic heterocycles. The average Bonchev–Trinajstić information content (AvgIpc) is 2.90. The van der Waals surface area contributed by atoms with Crippen LogP contribution < -0.4 is 5.73 Å². The third-order valence-corrected chi connectivity index (χ3v) is 3.29. The van der Waals surface area contributed by atoms with E-state index in [1.165, 1.54) is 12.1 Å². The van der Waals surface area contributed by atoms with Crippen molar-refractivity contribution < 1.29 is 13.2 Å². The quantitative estimate of drug-likeness (QED) is 0.785. The van der Waals surface area contributed by atoms with E-state index in [2.05, 4.69) is 4.98 Å². The molecule has 0 radical (unpaired) electrons. The molecule has 0 atom stereocenters. The lowest BCUT2D eigenvalue weighted by atomic mass is 10.1. The van der Waals surface area contributed by atoms with Gasteiger partial charge in [-0.3, -0.25) is 0 Å². The lowest BCUT2D eigenvalue weighted by Gasteiger charge is -2.06. The number of alkyl halides is 3. The van der Waals surface area contributed by atoms with Crippen LogP contribution in [0.25, 0.3) is 16.9 Å². The molecule has 0 saturated heterocycles. The minimum absolute atomic E-state index is 0.355. The SMILES string of the molecule is NCc1cccn2cc(-c3ccc(C(F)(F)F)cc3)nc12. The van der Waals surface area contributed by atoms with Crippen molar-refractivity contribution in [1.82, 2.24) is 9.38 Å². The smallest absolute Gasteiger partial charge is 0.326 e. The van der Waals surface area contributed by atoms with E-state index >= 15 is 0 Å². The summed E-state index contributed by atoms with van der Waals surface area (Å²) in [6, 6.07) is 8.69. The molecule has 3 rings (SSSR count). The summed E-state index contributed by atoms with van der Waals surface area (Å²) in [6.07, 6.45) is -0.726. The molecule has 21 heavy (non-hydrogen) atoms. The summed E-state index contributed by atoms with van der Waals surface area (Å²) >= 11 is 0. The maximum absolute atomic E-state index is 12.6. The number of fused-ring (bicyclic) bond motifs is 1. The third-order valence-electron chi connectivity index (χ3n) is 3.29. The fourth-order valence-corrected chi connectivity index (χ4v) is 2.20. The summed E-state index contributed by atoms with van der Waals surface area (Å²) in [6.45, 7) is 0.355. The van der Waals surface area contributed by atoms with Crippen LogP contribution in [0, 0.1) is 0 Å². The molecule has 0 amide bonds. The lowest BCUT2D eigenvalue weighted by molar-refractivity contribution is -0.137. The fraction of sp³-hybridized carbons (Fsp3) is 0.133. The van der Waals surface area contributed by atoms with Crippen LogP contribution >= 0.6 is 0 Å². The van der Waals surface area contributed by atoms with Gasteiger partial charge in [0.25, 0.3) is 0 Å². The minimum atomic E-state index is -4.33. The van der Waals surface area contributed by atoms with E-state index < -0.39 is 11.7 Å². The van der Waals surface area contributed by atoms with Crippen molar-refractivity contribution in [1.29, 1.82) is 0 Å². The molecular formula is C15H12F3N3. The lowest BCUT2D eigenvalue weighted by Crippen LogP contribution is -2.03. The van der Waals surface area contributed by atoms with Gasteiger partial charge in [0.05, 0.1) is 11.3 Å². The number of hydrogen-bond donors (Lipinski definition) is 1. The van der Waals surface area contributed by atoms with Gasteiger partial charge < -0.3 is 10.1 Å². The Balaban J connectivity index is 2.04. The van der Waals surface area contributed by atoms with Crippen LogP contribution in [-0.4, -0.2) is 9.38 Å². The highest BCUT2D eigenvalue weighted by molar-refractivity contribution is 5.64. The molecule has 0 aliphatic rings. The Labute approximate surface area is 118 Å². The molecular weight excluding hydrogens is 279 g/mol. The first-order chi connectivity index (χ1) is 9.99. The van der Waals surface area contributed by atoms with E-state index in [1.807, 2.05) is 22.7 Å². The van der Waals surface area contributed by atoms with E-state index in [1.54, 1.807) is 6.20 Å². The summed E-state index contributed by atoms with van der Waals surface area (Å²) < 4.78 is 39.5. The first kappa shape index (κ1) is 13.6. The molecule has 108 valence electrons. The molecule has 3 nitrogen and oxygen atoms in total. The van der Waals surface area contributed by atoms with Gasteiger partial charge in [0.2, 0.25) is 0 Å². The number of benzene rings is 1. The van der Waals surface area contributed by atoms with Gasteiger partial charge in [0.1, 0.15) is 5.65 Å². The van der Waals surface area contributed by atoms with Gasteiger partial charge in [-0.2, -0.15) is 13.2 Å². The Bertz CT molecular complexity index is 773. The predicted molar refractivity (Wildman–Crippen MR) is 73.5 cm³/mol. The number of imidazole rings is 1. The number of nitrogens with two attached hydrogens (primary N) is 1. The predicted octanol–water partition coefficient (Wildman–Crippen LogP) is 3.48. The van der Waals surface area contributed by atoms with E-state index in [4.69, 9.17) is 5.73 Å². The van der Waals surface area contributed by atoms with Gasteiger partial charge in [0, 0.05) is 30.1 Å². The molecule has 0 aliphatic carbocycles. The topological polar surface area (TPSA) is 43.3 Å². The molecule has 2 N–H and O–H groups in total. The summed E-state index contributed by atoms with van der Waals surface area (Å²) in [5.74, 6) is 0. The second kappa shape index (κ2) is 4.89.